The molecule has 1 aliphatic rings. The number of benzene rings is 1. The van der Waals surface area contributed by atoms with E-state index in [0.717, 1.165) is 50.2 Å². The first kappa shape index (κ1) is 15.7. The number of amides is 1. The number of aromatic nitrogens is 3. The lowest BCUT2D eigenvalue weighted by Gasteiger charge is -2.33. The van der Waals surface area contributed by atoms with Crippen LogP contribution in [0, 0.1) is 0 Å². The second-order valence-electron chi connectivity index (χ2n) is 6.08. The molecular formula is C18H24N4O. The van der Waals surface area contributed by atoms with Crippen molar-refractivity contribution in [1.82, 2.24) is 19.7 Å². The molecule has 0 radical (unpaired) electrons. The molecule has 0 bridgehead atoms. The van der Waals surface area contributed by atoms with E-state index < -0.39 is 0 Å². The van der Waals surface area contributed by atoms with Gasteiger partial charge in [0.2, 0.25) is 0 Å². The molecule has 0 N–H and O–H groups in total. The lowest BCUT2D eigenvalue weighted by atomic mass is 10.0. The topological polar surface area (TPSA) is 51.0 Å². The van der Waals surface area contributed by atoms with Crippen LogP contribution in [0.25, 0.3) is 0 Å². The minimum absolute atomic E-state index is 0.144. The minimum atomic E-state index is 0.144. The maximum absolute atomic E-state index is 12.6. The van der Waals surface area contributed by atoms with Crippen LogP contribution >= 0.6 is 0 Å². The smallest absolute Gasteiger partial charge is 0.253 e. The predicted octanol–water partition coefficient (Wildman–Crippen LogP) is 2.88. The Hall–Kier alpha value is -2.17. The molecule has 1 aromatic heterocycles. The third kappa shape index (κ3) is 3.28. The fourth-order valence-corrected chi connectivity index (χ4v) is 3.24. The van der Waals surface area contributed by atoms with Crippen molar-refractivity contribution in [3.63, 3.8) is 0 Å². The molecule has 1 saturated heterocycles. The highest BCUT2D eigenvalue weighted by Crippen LogP contribution is 2.24. The number of hydrogen-bond donors (Lipinski definition) is 0. The Kier molecular flexibility index (Phi) is 4.74. The molecule has 0 saturated carbocycles. The highest BCUT2D eigenvalue weighted by molar-refractivity contribution is 5.94. The van der Waals surface area contributed by atoms with E-state index in [1.165, 1.54) is 5.56 Å². The number of rotatable bonds is 4. The first-order chi connectivity index (χ1) is 11.2. The molecule has 1 aliphatic heterocycles. The molecular weight excluding hydrogens is 288 g/mol. The zero-order valence-corrected chi connectivity index (χ0v) is 13.9. The van der Waals surface area contributed by atoms with Crippen LogP contribution in [0.1, 0.15) is 54.5 Å². The van der Waals surface area contributed by atoms with Crippen molar-refractivity contribution >= 4 is 5.91 Å². The second kappa shape index (κ2) is 6.94. The van der Waals surface area contributed by atoms with Crippen LogP contribution in [0.2, 0.25) is 0 Å². The van der Waals surface area contributed by atoms with E-state index in [0.29, 0.717) is 6.04 Å². The van der Waals surface area contributed by atoms with E-state index in [-0.39, 0.29) is 5.91 Å². The molecule has 0 aliphatic carbocycles. The lowest BCUT2D eigenvalue weighted by Crippen LogP contribution is -2.39. The van der Waals surface area contributed by atoms with Crippen molar-refractivity contribution in [3.05, 3.63) is 47.5 Å². The summed E-state index contributed by atoms with van der Waals surface area (Å²) in [6, 6.07) is 8.39. The van der Waals surface area contributed by atoms with Crippen molar-refractivity contribution in [2.45, 2.75) is 45.6 Å². The summed E-state index contributed by atoms with van der Waals surface area (Å²) in [5.41, 5.74) is 2.05. The standard InChI is InChI=1S/C18H24N4O/c1-3-14-5-7-15(8-6-14)18(23)21-11-9-16(10-12-21)22-13-19-20-17(22)4-2/h5-8,13,16H,3-4,9-12H2,1-2H3. The molecule has 0 atom stereocenters. The van der Waals surface area contributed by atoms with Gasteiger partial charge in [-0.1, -0.05) is 26.0 Å². The fraction of sp³-hybridized carbons (Fsp3) is 0.500. The van der Waals surface area contributed by atoms with E-state index in [1.54, 1.807) is 0 Å². The van der Waals surface area contributed by atoms with Crippen molar-refractivity contribution in [2.75, 3.05) is 13.1 Å². The Morgan fingerprint density at radius 1 is 1.13 bits per heavy atom. The van der Waals surface area contributed by atoms with Gasteiger partial charge in [-0.3, -0.25) is 4.79 Å². The van der Waals surface area contributed by atoms with Crippen molar-refractivity contribution in [3.8, 4) is 0 Å². The third-order valence-corrected chi connectivity index (χ3v) is 4.72. The summed E-state index contributed by atoms with van der Waals surface area (Å²) in [7, 11) is 0. The fourth-order valence-electron chi connectivity index (χ4n) is 3.24. The van der Waals surface area contributed by atoms with Crippen molar-refractivity contribution in [2.24, 2.45) is 0 Å². The van der Waals surface area contributed by atoms with E-state index in [2.05, 4.69) is 28.6 Å². The number of likely N-dealkylation sites (tertiary alicyclic amines) is 1. The average molecular weight is 312 g/mol. The molecule has 122 valence electrons. The maximum atomic E-state index is 12.6. The molecule has 5 heteroatoms. The number of aryl methyl sites for hydroxylation is 2. The molecule has 1 aromatic carbocycles. The molecule has 0 spiro atoms. The van der Waals surface area contributed by atoms with Crippen LogP contribution in [0.5, 0.6) is 0 Å². The van der Waals surface area contributed by atoms with Crippen LogP contribution in [0.3, 0.4) is 0 Å². The van der Waals surface area contributed by atoms with Crippen LogP contribution in [-0.2, 0) is 12.8 Å². The number of carbonyl (C=O) groups excluding carboxylic acids is 1. The van der Waals surface area contributed by atoms with Gasteiger partial charge in [0.05, 0.1) is 0 Å². The van der Waals surface area contributed by atoms with Gasteiger partial charge in [-0.25, -0.2) is 0 Å². The molecule has 2 heterocycles. The highest BCUT2D eigenvalue weighted by Gasteiger charge is 2.25. The number of carbonyl (C=O) groups is 1. The van der Waals surface area contributed by atoms with Gasteiger partial charge in [0.25, 0.3) is 5.91 Å². The normalized spacial score (nSPS) is 15.8. The largest absolute Gasteiger partial charge is 0.338 e. The summed E-state index contributed by atoms with van der Waals surface area (Å²) < 4.78 is 2.18. The Labute approximate surface area is 137 Å². The first-order valence-corrected chi connectivity index (χ1v) is 8.49. The Balaban J connectivity index is 1.63. The number of nitrogens with zero attached hydrogens (tertiary/aromatic N) is 4. The van der Waals surface area contributed by atoms with Gasteiger partial charge in [0.1, 0.15) is 12.2 Å². The zero-order valence-electron chi connectivity index (χ0n) is 13.9. The zero-order chi connectivity index (χ0) is 16.2. The highest BCUT2D eigenvalue weighted by atomic mass is 16.2. The first-order valence-electron chi connectivity index (χ1n) is 8.49. The third-order valence-electron chi connectivity index (χ3n) is 4.72. The Bertz CT molecular complexity index is 654. The van der Waals surface area contributed by atoms with E-state index in [1.807, 2.05) is 35.5 Å². The molecule has 1 amide bonds. The molecule has 1 fully saturated rings. The van der Waals surface area contributed by atoms with Gasteiger partial charge in [0, 0.05) is 31.1 Å². The van der Waals surface area contributed by atoms with Gasteiger partial charge in [0.15, 0.2) is 0 Å². The summed E-state index contributed by atoms with van der Waals surface area (Å²) in [4.78, 5) is 14.6. The number of piperidine rings is 1. The van der Waals surface area contributed by atoms with E-state index >= 15 is 0 Å². The predicted molar refractivity (Wildman–Crippen MR) is 89.4 cm³/mol. The Morgan fingerprint density at radius 3 is 2.43 bits per heavy atom. The summed E-state index contributed by atoms with van der Waals surface area (Å²) >= 11 is 0. The van der Waals surface area contributed by atoms with Crippen LogP contribution in [0.15, 0.2) is 30.6 Å². The van der Waals surface area contributed by atoms with Gasteiger partial charge in [-0.05, 0) is 37.0 Å². The quantitative estimate of drug-likeness (QED) is 0.872. The summed E-state index contributed by atoms with van der Waals surface area (Å²) in [6.45, 7) is 5.80. The van der Waals surface area contributed by atoms with Crippen LogP contribution in [-0.4, -0.2) is 38.7 Å². The monoisotopic (exact) mass is 312 g/mol. The number of hydrogen-bond acceptors (Lipinski definition) is 3. The van der Waals surface area contributed by atoms with Gasteiger partial charge in [-0.15, -0.1) is 10.2 Å². The van der Waals surface area contributed by atoms with Gasteiger partial charge >= 0.3 is 0 Å². The molecule has 5 nitrogen and oxygen atoms in total. The van der Waals surface area contributed by atoms with E-state index in [4.69, 9.17) is 0 Å². The maximum Gasteiger partial charge on any atom is 0.253 e. The van der Waals surface area contributed by atoms with Gasteiger partial charge in [-0.2, -0.15) is 0 Å². The van der Waals surface area contributed by atoms with Crippen molar-refractivity contribution in [1.29, 1.82) is 0 Å². The Morgan fingerprint density at radius 2 is 1.83 bits per heavy atom. The van der Waals surface area contributed by atoms with E-state index in [9.17, 15) is 4.79 Å². The molecule has 0 unspecified atom stereocenters. The molecule has 23 heavy (non-hydrogen) atoms. The summed E-state index contributed by atoms with van der Waals surface area (Å²) in [5, 5.41) is 8.18. The lowest BCUT2D eigenvalue weighted by molar-refractivity contribution is 0.0693. The summed E-state index contributed by atoms with van der Waals surface area (Å²) in [5.74, 6) is 1.18. The summed E-state index contributed by atoms with van der Waals surface area (Å²) in [6.07, 6.45) is 5.64. The van der Waals surface area contributed by atoms with Crippen LogP contribution in [0.4, 0.5) is 0 Å². The van der Waals surface area contributed by atoms with Gasteiger partial charge < -0.3 is 9.47 Å². The van der Waals surface area contributed by atoms with Crippen molar-refractivity contribution < 1.29 is 4.79 Å². The minimum Gasteiger partial charge on any atom is -0.338 e. The second-order valence-corrected chi connectivity index (χ2v) is 6.08. The molecule has 3 rings (SSSR count). The van der Waals surface area contributed by atoms with Crippen LogP contribution < -0.4 is 0 Å². The average Bonchev–Trinajstić information content (AvgIpc) is 3.10. The molecule has 2 aromatic rings. The SMILES string of the molecule is CCc1ccc(C(=O)N2CCC(n3cnnc3CC)CC2)cc1.